The molecule has 2 aliphatic rings. The van der Waals surface area contributed by atoms with Crippen molar-refractivity contribution >= 4 is 11.8 Å². The molecule has 3 heteroatoms. The standard InChI is InChI=1S/C11H21NOS/c1-3-11(13-7-1)9-14-8-2-6-12-10-4-5-10/h10-12H,1-9H2. The summed E-state index contributed by atoms with van der Waals surface area (Å²) in [6.07, 6.45) is 7.25. The Hall–Kier alpha value is 0.270. The number of nitrogens with one attached hydrogen (secondary N) is 1. The molecule has 82 valence electrons. The summed E-state index contributed by atoms with van der Waals surface area (Å²) in [6, 6.07) is 0.873. The quantitative estimate of drug-likeness (QED) is 0.657. The zero-order valence-corrected chi connectivity index (χ0v) is 9.65. The van der Waals surface area contributed by atoms with E-state index in [1.54, 1.807) is 0 Å². The van der Waals surface area contributed by atoms with Gasteiger partial charge in [0.05, 0.1) is 6.10 Å². The van der Waals surface area contributed by atoms with Crippen molar-refractivity contribution in [2.45, 2.75) is 44.2 Å². The van der Waals surface area contributed by atoms with Crippen molar-refractivity contribution in [1.29, 1.82) is 0 Å². The molecule has 1 aliphatic heterocycles. The average molecular weight is 215 g/mol. The van der Waals surface area contributed by atoms with Crippen molar-refractivity contribution in [1.82, 2.24) is 5.32 Å². The predicted octanol–water partition coefficient (Wildman–Crippen LogP) is 2.04. The monoisotopic (exact) mass is 215 g/mol. The minimum absolute atomic E-state index is 0.566. The largest absolute Gasteiger partial charge is 0.377 e. The minimum Gasteiger partial charge on any atom is -0.377 e. The Morgan fingerprint density at radius 1 is 1.29 bits per heavy atom. The van der Waals surface area contributed by atoms with Crippen LogP contribution in [0.25, 0.3) is 0 Å². The van der Waals surface area contributed by atoms with Gasteiger partial charge in [-0.2, -0.15) is 11.8 Å². The first-order chi connectivity index (χ1) is 6.95. The van der Waals surface area contributed by atoms with Crippen LogP contribution >= 0.6 is 11.8 Å². The van der Waals surface area contributed by atoms with Gasteiger partial charge in [-0.1, -0.05) is 0 Å². The Labute approximate surface area is 91.2 Å². The van der Waals surface area contributed by atoms with E-state index in [1.165, 1.54) is 50.2 Å². The third-order valence-electron chi connectivity index (χ3n) is 2.80. The van der Waals surface area contributed by atoms with E-state index in [0.717, 1.165) is 12.6 Å². The molecule has 1 saturated carbocycles. The van der Waals surface area contributed by atoms with E-state index in [-0.39, 0.29) is 0 Å². The Morgan fingerprint density at radius 3 is 2.93 bits per heavy atom. The molecule has 0 aromatic carbocycles. The predicted molar refractivity (Wildman–Crippen MR) is 61.9 cm³/mol. The second-order valence-electron chi connectivity index (χ2n) is 4.29. The van der Waals surface area contributed by atoms with E-state index in [9.17, 15) is 0 Å². The first-order valence-electron chi connectivity index (χ1n) is 5.88. The van der Waals surface area contributed by atoms with Crippen molar-refractivity contribution in [3.05, 3.63) is 0 Å². The summed E-state index contributed by atoms with van der Waals surface area (Å²) in [4.78, 5) is 0. The molecule has 0 bridgehead atoms. The van der Waals surface area contributed by atoms with E-state index in [2.05, 4.69) is 17.1 Å². The van der Waals surface area contributed by atoms with Crippen molar-refractivity contribution in [3.63, 3.8) is 0 Å². The number of thioether (sulfide) groups is 1. The average Bonchev–Trinajstić information content (AvgIpc) is 2.87. The van der Waals surface area contributed by atoms with E-state index >= 15 is 0 Å². The van der Waals surface area contributed by atoms with Crippen molar-refractivity contribution in [2.24, 2.45) is 0 Å². The summed E-state index contributed by atoms with van der Waals surface area (Å²) >= 11 is 2.06. The molecular formula is C11H21NOS. The van der Waals surface area contributed by atoms with Crippen LogP contribution < -0.4 is 5.32 Å². The minimum atomic E-state index is 0.566. The SMILES string of the molecule is C(CNC1CC1)CSCC1CCCO1. The van der Waals surface area contributed by atoms with Gasteiger partial charge < -0.3 is 10.1 Å². The molecule has 1 N–H and O–H groups in total. The van der Waals surface area contributed by atoms with Crippen LogP contribution in [0.4, 0.5) is 0 Å². The van der Waals surface area contributed by atoms with Gasteiger partial charge >= 0.3 is 0 Å². The summed E-state index contributed by atoms with van der Waals surface area (Å²) in [5, 5.41) is 3.54. The Bertz CT molecular complexity index is 155. The molecule has 0 spiro atoms. The van der Waals surface area contributed by atoms with Crippen LogP contribution in [0.2, 0.25) is 0 Å². The van der Waals surface area contributed by atoms with Crippen LogP contribution in [-0.4, -0.2) is 36.8 Å². The maximum Gasteiger partial charge on any atom is 0.0666 e. The molecule has 2 fully saturated rings. The third-order valence-corrected chi connectivity index (χ3v) is 3.99. The highest BCUT2D eigenvalue weighted by molar-refractivity contribution is 7.99. The molecule has 0 radical (unpaired) electrons. The molecule has 2 nitrogen and oxygen atoms in total. The molecule has 14 heavy (non-hydrogen) atoms. The second-order valence-corrected chi connectivity index (χ2v) is 5.44. The van der Waals surface area contributed by atoms with Crippen molar-refractivity contribution in [2.75, 3.05) is 24.7 Å². The lowest BCUT2D eigenvalue weighted by molar-refractivity contribution is 0.129. The topological polar surface area (TPSA) is 21.3 Å². The van der Waals surface area contributed by atoms with Gasteiger partial charge in [-0.3, -0.25) is 0 Å². The molecule has 0 aromatic rings. The summed E-state index contributed by atoms with van der Waals surface area (Å²) in [7, 11) is 0. The molecular weight excluding hydrogens is 194 g/mol. The summed E-state index contributed by atoms with van der Waals surface area (Å²) in [6.45, 7) is 2.21. The normalized spacial score (nSPS) is 27.0. The van der Waals surface area contributed by atoms with Gasteiger partial charge in [0.25, 0.3) is 0 Å². The maximum absolute atomic E-state index is 5.57. The van der Waals surface area contributed by atoms with E-state index < -0.39 is 0 Å². The van der Waals surface area contributed by atoms with Gasteiger partial charge in [-0.15, -0.1) is 0 Å². The van der Waals surface area contributed by atoms with Gasteiger partial charge in [-0.25, -0.2) is 0 Å². The van der Waals surface area contributed by atoms with Gasteiger partial charge in [0, 0.05) is 18.4 Å². The van der Waals surface area contributed by atoms with Crippen LogP contribution in [0, 0.1) is 0 Å². The smallest absolute Gasteiger partial charge is 0.0666 e. The van der Waals surface area contributed by atoms with Crippen LogP contribution in [0.3, 0.4) is 0 Å². The number of hydrogen-bond donors (Lipinski definition) is 1. The molecule has 0 aromatic heterocycles. The fraction of sp³-hybridized carbons (Fsp3) is 1.00. The third kappa shape index (κ3) is 4.20. The number of hydrogen-bond acceptors (Lipinski definition) is 3. The van der Waals surface area contributed by atoms with E-state index in [0.29, 0.717) is 6.10 Å². The number of rotatable bonds is 7. The fourth-order valence-corrected chi connectivity index (χ4v) is 2.80. The van der Waals surface area contributed by atoms with Crippen molar-refractivity contribution in [3.8, 4) is 0 Å². The van der Waals surface area contributed by atoms with Crippen LogP contribution in [0.5, 0.6) is 0 Å². The Kier molecular flexibility index (Phi) is 4.61. The highest BCUT2D eigenvalue weighted by atomic mass is 32.2. The molecule has 1 aliphatic carbocycles. The van der Waals surface area contributed by atoms with Gasteiger partial charge in [0.1, 0.15) is 0 Å². The highest BCUT2D eigenvalue weighted by Crippen LogP contribution is 2.19. The molecule has 1 atom stereocenters. The van der Waals surface area contributed by atoms with Crippen LogP contribution in [-0.2, 0) is 4.74 Å². The first kappa shape index (κ1) is 10.8. The number of ether oxygens (including phenoxy) is 1. The zero-order chi connectivity index (χ0) is 9.64. The Balaban J connectivity index is 1.35. The summed E-state index contributed by atoms with van der Waals surface area (Å²) in [5.41, 5.74) is 0. The maximum atomic E-state index is 5.57. The van der Waals surface area contributed by atoms with Gasteiger partial charge in [0.15, 0.2) is 0 Å². The van der Waals surface area contributed by atoms with Gasteiger partial charge in [0.2, 0.25) is 0 Å². The first-order valence-corrected chi connectivity index (χ1v) is 7.03. The van der Waals surface area contributed by atoms with Crippen LogP contribution in [0.15, 0.2) is 0 Å². The molecule has 0 amide bonds. The lowest BCUT2D eigenvalue weighted by Crippen LogP contribution is -2.18. The Morgan fingerprint density at radius 2 is 2.21 bits per heavy atom. The molecule has 1 unspecified atom stereocenters. The fourth-order valence-electron chi connectivity index (χ4n) is 1.76. The second kappa shape index (κ2) is 5.99. The van der Waals surface area contributed by atoms with E-state index in [1.807, 2.05) is 0 Å². The molecule has 2 rings (SSSR count). The highest BCUT2D eigenvalue weighted by Gasteiger charge is 2.19. The van der Waals surface area contributed by atoms with Gasteiger partial charge in [-0.05, 0) is 44.4 Å². The zero-order valence-electron chi connectivity index (χ0n) is 8.84. The molecule has 1 heterocycles. The lowest BCUT2D eigenvalue weighted by atomic mass is 10.3. The summed E-state index contributed by atoms with van der Waals surface area (Å²) in [5.74, 6) is 2.50. The van der Waals surface area contributed by atoms with Crippen LogP contribution in [0.1, 0.15) is 32.1 Å². The molecule has 1 saturated heterocycles. The summed E-state index contributed by atoms with van der Waals surface area (Å²) < 4.78 is 5.57. The lowest BCUT2D eigenvalue weighted by Gasteiger charge is -2.08. The van der Waals surface area contributed by atoms with Crippen molar-refractivity contribution < 1.29 is 4.74 Å². The van der Waals surface area contributed by atoms with E-state index in [4.69, 9.17) is 4.74 Å².